The predicted molar refractivity (Wildman–Crippen MR) is 158 cm³/mol. The van der Waals surface area contributed by atoms with Gasteiger partial charge in [0.25, 0.3) is 5.91 Å². The van der Waals surface area contributed by atoms with E-state index in [1.807, 2.05) is 73.6 Å². The number of hydrogen-bond acceptors (Lipinski definition) is 7. The molecule has 0 radical (unpaired) electrons. The number of nitrogens with zero attached hydrogens (tertiary/aromatic N) is 3. The number of aliphatic hydroxyl groups excluding tert-OH is 1. The molecule has 0 bridgehead atoms. The molecule has 1 atom stereocenters. The fourth-order valence-electron chi connectivity index (χ4n) is 4.72. The third-order valence-corrected chi connectivity index (χ3v) is 7.87. The van der Waals surface area contributed by atoms with Crippen LogP contribution in [0.2, 0.25) is 0 Å². The maximum Gasteiger partial charge on any atom is 0.294 e. The topological polar surface area (TPSA) is 103 Å². The van der Waals surface area contributed by atoms with Crippen molar-refractivity contribution in [3.8, 4) is 10.6 Å². The summed E-state index contributed by atoms with van der Waals surface area (Å²) in [6.45, 7) is 3.17. The van der Waals surface area contributed by atoms with Gasteiger partial charge in [-0.05, 0) is 48.9 Å². The van der Waals surface area contributed by atoms with Crippen molar-refractivity contribution in [2.45, 2.75) is 19.9 Å². The van der Waals surface area contributed by atoms with E-state index in [2.05, 4.69) is 10.3 Å². The predicted octanol–water partition coefficient (Wildman–Crippen LogP) is 5.93. The molecule has 1 unspecified atom stereocenters. The van der Waals surface area contributed by atoms with Crippen LogP contribution in [0.3, 0.4) is 0 Å². The van der Waals surface area contributed by atoms with Gasteiger partial charge in [0.2, 0.25) is 11.7 Å². The number of carbonyl (C=O) groups excluding carboxylic acids is 3. The summed E-state index contributed by atoms with van der Waals surface area (Å²) < 4.78 is 0. The molecule has 2 heterocycles. The first-order valence-corrected chi connectivity index (χ1v) is 13.5. The van der Waals surface area contributed by atoms with Gasteiger partial charge in [0, 0.05) is 43.6 Å². The molecule has 2 amide bonds. The van der Waals surface area contributed by atoms with Gasteiger partial charge in [0.15, 0.2) is 5.76 Å². The average molecular weight is 553 g/mol. The van der Waals surface area contributed by atoms with Gasteiger partial charge in [-0.1, -0.05) is 42.5 Å². The highest BCUT2D eigenvalue weighted by molar-refractivity contribution is 7.17. The molecule has 0 saturated heterocycles. The number of aryl methyl sites for hydroxylation is 1. The standard InChI is InChI=1S/C31H28N4O4S/c1-18-29(40-30(32-18)21-8-6-5-7-9-21)27(37)25-26(20-10-14-23(15-11-20)34(3)4)35(31(39)28(25)38)24-16-12-22(13-17-24)33-19(2)36/h5-17,26,38H,1-4H3,(H,33,36). The second-order valence-corrected chi connectivity index (χ2v) is 10.7. The summed E-state index contributed by atoms with van der Waals surface area (Å²) in [7, 11) is 3.85. The van der Waals surface area contributed by atoms with E-state index in [4.69, 9.17) is 0 Å². The van der Waals surface area contributed by atoms with Crippen molar-refractivity contribution < 1.29 is 19.5 Å². The highest BCUT2D eigenvalue weighted by atomic mass is 32.1. The SMILES string of the molecule is CC(=O)Nc1ccc(N2C(=O)C(O)=C(C(=O)c3sc(-c4ccccc4)nc3C)C2c2ccc(N(C)C)cc2)cc1. The molecular weight excluding hydrogens is 524 g/mol. The van der Waals surface area contributed by atoms with Crippen molar-refractivity contribution in [1.29, 1.82) is 0 Å². The number of thiazole rings is 1. The number of aromatic nitrogens is 1. The van der Waals surface area contributed by atoms with Crippen molar-refractivity contribution in [1.82, 2.24) is 4.98 Å². The molecular formula is C31H28N4O4S. The van der Waals surface area contributed by atoms with E-state index >= 15 is 0 Å². The summed E-state index contributed by atoms with van der Waals surface area (Å²) in [5.74, 6) is -1.93. The molecule has 202 valence electrons. The fourth-order valence-corrected chi connectivity index (χ4v) is 5.74. The lowest BCUT2D eigenvalue weighted by Crippen LogP contribution is -2.31. The number of ketones is 1. The van der Waals surface area contributed by atoms with E-state index in [-0.39, 0.29) is 11.5 Å². The lowest BCUT2D eigenvalue weighted by Gasteiger charge is -2.27. The molecule has 1 aromatic heterocycles. The highest BCUT2D eigenvalue weighted by Crippen LogP contribution is 2.43. The second-order valence-electron chi connectivity index (χ2n) is 9.68. The van der Waals surface area contributed by atoms with E-state index in [1.165, 1.54) is 23.2 Å². The van der Waals surface area contributed by atoms with E-state index < -0.39 is 23.5 Å². The van der Waals surface area contributed by atoms with Crippen molar-refractivity contribution in [2.24, 2.45) is 0 Å². The van der Waals surface area contributed by atoms with Gasteiger partial charge in [0.1, 0.15) is 5.01 Å². The molecule has 0 saturated carbocycles. The summed E-state index contributed by atoms with van der Waals surface area (Å²) in [4.78, 5) is 47.5. The second kappa shape index (κ2) is 10.8. The van der Waals surface area contributed by atoms with Gasteiger partial charge >= 0.3 is 0 Å². The number of amides is 2. The lowest BCUT2D eigenvalue weighted by atomic mass is 9.94. The number of hydrogen-bond donors (Lipinski definition) is 2. The summed E-state index contributed by atoms with van der Waals surface area (Å²) in [6.07, 6.45) is 0. The molecule has 2 N–H and O–H groups in total. The molecule has 0 spiro atoms. The van der Waals surface area contributed by atoms with Crippen LogP contribution >= 0.6 is 11.3 Å². The number of benzene rings is 3. The Balaban J connectivity index is 1.60. The van der Waals surface area contributed by atoms with Crippen molar-refractivity contribution in [3.05, 3.63) is 106 Å². The Labute approximate surface area is 236 Å². The van der Waals surface area contributed by atoms with Crippen molar-refractivity contribution in [2.75, 3.05) is 29.2 Å². The van der Waals surface area contributed by atoms with Gasteiger partial charge < -0.3 is 15.3 Å². The Kier molecular flexibility index (Phi) is 7.23. The van der Waals surface area contributed by atoms with E-state index in [0.29, 0.717) is 32.5 Å². The molecule has 0 aliphatic carbocycles. The number of anilines is 3. The minimum absolute atomic E-state index is 0.0000905. The largest absolute Gasteiger partial charge is 0.503 e. The van der Waals surface area contributed by atoms with Gasteiger partial charge in [0.05, 0.1) is 22.2 Å². The zero-order valence-corrected chi connectivity index (χ0v) is 23.3. The Morgan fingerprint density at radius 2 is 1.62 bits per heavy atom. The molecule has 9 heteroatoms. The fraction of sp³-hybridized carbons (Fsp3) is 0.161. The van der Waals surface area contributed by atoms with E-state index in [0.717, 1.165) is 11.3 Å². The van der Waals surface area contributed by atoms with Gasteiger partial charge in [-0.15, -0.1) is 11.3 Å². The molecule has 4 aromatic rings. The smallest absolute Gasteiger partial charge is 0.294 e. The molecule has 1 aliphatic heterocycles. The summed E-state index contributed by atoms with van der Waals surface area (Å²) in [5, 5.41) is 14.6. The monoisotopic (exact) mass is 552 g/mol. The van der Waals surface area contributed by atoms with E-state index in [9.17, 15) is 19.5 Å². The van der Waals surface area contributed by atoms with Gasteiger partial charge in [-0.3, -0.25) is 19.3 Å². The lowest BCUT2D eigenvalue weighted by molar-refractivity contribution is -0.117. The van der Waals surface area contributed by atoms with Gasteiger partial charge in [-0.2, -0.15) is 0 Å². The van der Waals surface area contributed by atoms with Crippen molar-refractivity contribution in [3.63, 3.8) is 0 Å². The quantitative estimate of drug-likeness (QED) is 0.276. The van der Waals surface area contributed by atoms with Gasteiger partial charge in [-0.25, -0.2) is 4.98 Å². The molecule has 8 nitrogen and oxygen atoms in total. The number of carbonyl (C=O) groups is 3. The average Bonchev–Trinajstić information content (AvgIpc) is 3.46. The Bertz CT molecular complexity index is 1620. The first-order chi connectivity index (χ1) is 19.2. The Morgan fingerprint density at radius 3 is 2.23 bits per heavy atom. The summed E-state index contributed by atoms with van der Waals surface area (Å²) in [5.41, 5.74) is 4.07. The zero-order chi connectivity index (χ0) is 28.6. The van der Waals surface area contributed by atoms with Crippen LogP contribution in [-0.4, -0.2) is 41.8 Å². The van der Waals surface area contributed by atoms with Crippen LogP contribution < -0.4 is 15.1 Å². The zero-order valence-electron chi connectivity index (χ0n) is 22.5. The number of aliphatic hydroxyl groups is 1. The highest BCUT2D eigenvalue weighted by Gasteiger charge is 2.45. The minimum Gasteiger partial charge on any atom is -0.503 e. The van der Waals surface area contributed by atoms with Crippen LogP contribution in [0.15, 0.2) is 90.2 Å². The minimum atomic E-state index is -0.871. The molecule has 0 fully saturated rings. The number of Topliss-reactive ketones (excluding diaryl/α,β-unsaturated/α-hetero) is 1. The number of rotatable bonds is 7. The maximum absolute atomic E-state index is 14.1. The normalized spacial score (nSPS) is 14.9. The molecule has 40 heavy (non-hydrogen) atoms. The summed E-state index contributed by atoms with van der Waals surface area (Å²) in [6, 6.07) is 22.9. The first-order valence-electron chi connectivity index (χ1n) is 12.6. The summed E-state index contributed by atoms with van der Waals surface area (Å²) >= 11 is 1.24. The third-order valence-electron chi connectivity index (χ3n) is 6.67. The van der Waals surface area contributed by atoms with Crippen LogP contribution in [0.25, 0.3) is 10.6 Å². The molecule has 3 aromatic carbocycles. The van der Waals surface area contributed by atoms with Crippen LogP contribution in [0.4, 0.5) is 17.1 Å². The Morgan fingerprint density at radius 1 is 0.975 bits per heavy atom. The molecule has 1 aliphatic rings. The number of nitrogens with one attached hydrogen (secondary N) is 1. The maximum atomic E-state index is 14.1. The Hall–Kier alpha value is -4.76. The van der Waals surface area contributed by atoms with Crippen LogP contribution in [0, 0.1) is 6.92 Å². The van der Waals surface area contributed by atoms with E-state index in [1.54, 1.807) is 31.2 Å². The molecule has 5 rings (SSSR count). The van der Waals surface area contributed by atoms with Crippen LogP contribution in [0.1, 0.15) is 33.9 Å². The van der Waals surface area contributed by atoms with Crippen molar-refractivity contribution >= 4 is 46.0 Å². The van der Waals surface area contributed by atoms with Crippen LogP contribution in [0.5, 0.6) is 0 Å². The third kappa shape index (κ3) is 4.99. The first kappa shape index (κ1) is 26.8. The van der Waals surface area contributed by atoms with Crippen LogP contribution in [-0.2, 0) is 9.59 Å².